The van der Waals surface area contributed by atoms with E-state index in [2.05, 4.69) is 46.1 Å². The average molecular weight is 354 g/mol. The van der Waals surface area contributed by atoms with Crippen LogP contribution in [0, 0.1) is 0 Å². The standard InChI is InChI=1S/C14H20N4.3ClH/c1-17-13-5-3-2-4-12(13)16-14(17)6-9-18-10-7-15-8-11-18;;;/h2-5,15H,6-11H2,1H3;3*1H. The summed E-state index contributed by atoms with van der Waals surface area (Å²) in [5.41, 5.74) is 2.34. The van der Waals surface area contributed by atoms with Crippen molar-refractivity contribution in [2.45, 2.75) is 6.42 Å². The molecule has 1 fully saturated rings. The maximum absolute atomic E-state index is 4.72. The van der Waals surface area contributed by atoms with Gasteiger partial charge in [-0.05, 0) is 12.1 Å². The van der Waals surface area contributed by atoms with E-state index in [0.29, 0.717) is 0 Å². The predicted octanol–water partition coefficient (Wildman–Crippen LogP) is 2.29. The number of nitrogens with zero attached hydrogens (tertiary/aromatic N) is 3. The van der Waals surface area contributed by atoms with E-state index in [1.165, 1.54) is 11.3 Å². The lowest BCUT2D eigenvalue weighted by Crippen LogP contribution is -2.44. The number of halogens is 3. The molecule has 4 nitrogen and oxygen atoms in total. The van der Waals surface area contributed by atoms with Gasteiger partial charge in [0.1, 0.15) is 5.82 Å². The molecule has 120 valence electrons. The lowest BCUT2D eigenvalue weighted by molar-refractivity contribution is 0.242. The zero-order valence-corrected chi connectivity index (χ0v) is 14.6. The smallest absolute Gasteiger partial charge is 0.110 e. The molecule has 0 spiro atoms. The van der Waals surface area contributed by atoms with Crippen LogP contribution in [0.3, 0.4) is 0 Å². The number of imidazole rings is 1. The maximum Gasteiger partial charge on any atom is 0.110 e. The van der Waals surface area contributed by atoms with Crippen molar-refractivity contribution in [2.75, 3.05) is 32.7 Å². The molecule has 0 saturated carbocycles. The largest absolute Gasteiger partial charge is 0.331 e. The van der Waals surface area contributed by atoms with Crippen LogP contribution in [0.5, 0.6) is 0 Å². The van der Waals surface area contributed by atoms with Gasteiger partial charge in [-0.3, -0.25) is 0 Å². The van der Waals surface area contributed by atoms with Crippen molar-refractivity contribution in [3.05, 3.63) is 30.1 Å². The Balaban J connectivity index is 0.00000133. The minimum atomic E-state index is 0. The van der Waals surface area contributed by atoms with Crippen molar-refractivity contribution < 1.29 is 0 Å². The first kappa shape index (κ1) is 20.5. The third kappa shape index (κ3) is 4.73. The number of hydrogen-bond acceptors (Lipinski definition) is 3. The van der Waals surface area contributed by atoms with E-state index in [-0.39, 0.29) is 37.2 Å². The van der Waals surface area contributed by atoms with E-state index in [1.54, 1.807) is 0 Å². The molecule has 0 bridgehead atoms. The number of benzene rings is 1. The van der Waals surface area contributed by atoms with E-state index in [4.69, 9.17) is 4.98 Å². The maximum atomic E-state index is 4.72. The SMILES string of the molecule is Cl.Cl.Cl.Cn1c(CCN2CCNCC2)nc2ccccc21. The Morgan fingerprint density at radius 2 is 1.76 bits per heavy atom. The fourth-order valence-electron chi connectivity index (χ4n) is 2.61. The van der Waals surface area contributed by atoms with Crippen molar-refractivity contribution in [1.82, 2.24) is 19.8 Å². The molecule has 1 aromatic heterocycles. The molecule has 1 aliphatic rings. The average Bonchev–Trinajstić information content (AvgIpc) is 2.75. The molecule has 1 aliphatic heterocycles. The second-order valence-corrected chi connectivity index (χ2v) is 4.92. The van der Waals surface area contributed by atoms with Gasteiger partial charge < -0.3 is 14.8 Å². The van der Waals surface area contributed by atoms with Gasteiger partial charge in [-0.25, -0.2) is 4.98 Å². The van der Waals surface area contributed by atoms with Crippen LogP contribution in [0.4, 0.5) is 0 Å². The van der Waals surface area contributed by atoms with Crippen molar-refractivity contribution in [3.8, 4) is 0 Å². The minimum absolute atomic E-state index is 0. The first-order valence-corrected chi connectivity index (χ1v) is 6.68. The molecule has 1 N–H and O–H groups in total. The molecule has 0 aliphatic carbocycles. The third-order valence-electron chi connectivity index (χ3n) is 3.74. The van der Waals surface area contributed by atoms with Crippen LogP contribution >= 0.6 is 37.2 Å². The Labute approximate surface area is 144 Å². The molecule has 1 aromatic carbocycles. The van der Waals surface area contributed by atoms with Crippen LogP contribution < -0.4 is 5.32 Å². The number of para-hydroxylation sites is 2. The zero-order chi connectivity index (χ0) is 12.4. The highest BCUT2D eigenvalue weighted by Gasteiger charge is 2.12. The molecular weight excluding hydrogens is 331 g/mol. The Bertz CT molecular complexity index is 538. The van der Waals surface area contributed by atoms with Crippen LogP contribution in [0.15, 0.2) is 24.3 Å². The molecular formula is C14H23Cl3N4. The van der Waals surface area contributed by atoms with Gasteiger partial charge in [0.2, 0.25) is 0 Å². The molecule has 0 radical (unpaired) electrons. The molecule has 2 aromatic rings. The molecule has 7 heteroatoms. The summed E-state index contributed by atoms with van der Waals surface area (Å²) in [7, 11) is 2.11. The second-order valence-electron chi connectivity index (χ2n) is 4.92. The summed E-state index contributed by atoms with van der Waals surface area (Å²) in [5, 5.41) is 3.38. The first-order chi connectivity index (χ1) is 8.84. The van der Waals surface area contributed by atoms with Gasteiger partial charge in [-0.2, -0.15) is 0 Å². The van der Waals surface area contributed by atoms with Gasteiger partial charge in [0.25, 0.3) is 0 Å². The number of piperazine rings is 1. The monoisotopic (exact) mass is 352 g/mol. The number of aromatic nitrogens is 2. The Morgan fingerprint density at radius 1 is 1.10 bits per heavy atom. The van der Waals surface area contributed by atoms with Gasteiger partial charge in [-0.1, -0.05) is 12.1 Å². The first-order valence-electron chi connectivity index (χ1n) is 6.68. The number of nitrogens with one attached hydrogen (secondary N) is 1. The third-order valence-corrected chi connectivity index (χ3v) is 3.74. The van der Waals surface area contributed by atoms with Gasteiger partial charge >= 0.3 is 0 Å². The Hall–Kier alpha value is -0.520. The predicted molar refractivity (Wildman–Crippen MR) is 95.5 cm³/mol. The van der Waals surface area contributed by atoms with Crippen molar-refractivity contribution in [3.63, 3.8) is 0 Å². The summed E-state index contributed by atoms with van der Waals surface area (Å²) < 4.78 is 2.22. The Morgan fingerprint density at radius 3 is 2.43 bits per heavy atom. The molecule has 0 atom stereocenters. The molecule has 0 amide bonds. The van der Waals surface area contributed by atoms with E-state index in [9.17, 15) is 0 Å². The van der Waals surface area contributed by atoms with E-state index >= 15 is 0 Å². The minimum Gasteiger partial charge on any atom is -0.331 e. The summed E-state index contributed by atoms with van der Waals surface area (Å²) >= 11 is 0. The fourth-order valence-corrected chi connectivity index (χ4v) is 2.61. The van der Waals surface area contributed by atoms with Gasteiger partial charge in [0.05, 0.1) is 11.0 Å². The quantitative estimate of drug-likeness (QED) is 0.919. The van der Waals surface area contributed by atoms with E-state index in [0.717, 1.165) is 44.7 Å². The topological polar surface area (TPSA) is 33.1 Å². The molecule has 3 rings (SSSR count). The number of rotatable bonds is 3. The Kier molecular flexibility index (Phi) is 9.25. The summed E-state index contributed by atoms with van der Waals surface area (Å²) in [6.07, 6.45) is 1.03. The van der Waals surface area contributed by atoms with Crippen LogP contribution in [-0.4, -0.2) is 47.2 Å². The van der Waals surface area contributed by atoms with Crippen LogP contribution in [0.2, 0.25) is 0 Å². The zero-order valence-electron chi connectivity index (χ0n) is 12.1. The van der Waals surface area contributed by atoms with Gasteiger partial charge in [0.15, 0.2) is 0 Å². The van der Waals surface area contributed by atoms with Crippen molar-refractivity contribution >= 4 is 48.3 Å². The second kappa shape index (κ2) is 9.49. The van der Waals surface area contributed by atoms with E-state index in [1.807, 2.05) is 0 Å². The van der Waals surface area contributed by atoms with Crippen LogP contribution in [0.25, 0.3) is 11.0 Å². The molecule has 1 saturated heterocycles. The molecule has 21 heavy (non-hydrogen) atoms. The van der Waals surface area contributed by atoms with E-state index < -0.39 is 0 Å². The normalized spacial score (nSPS) is 14.9. The number of hydrogen-bond donors (Lipinski definition) is 1. The highest BCUT2D eigenvalue weighted by molar-refractivity contribution is 5.86. The number of fused-ring (bicyclic) bond motifs is 1. The summed E-state index contributed by atoms with van der Waals surface area (Å²) in [6, 6.07) is 8.35. The highest BCUT2D eigenvalue weighted by atomic mass is 35.5. The van der Waals surface area contributed by atoms with Crippen LogP contribution in [-0.2, 0) is 13.5 Å². The van der Waals surface area contributed by atoms with Gasteiger partial charge in [-0.15, -0.1) is 37.2 Å². The summed E-state index contributed by atoms with van der Waals surface area (Å²) in [4.78, 5) is 7.23. The highest BCUT2D eigenvalue weighted by Crippen LogP contribution is 2.14. The summed E-state index contributed by atoms with van der Waals surface area (Å²) in [6.45, 7) is 5.65. The van der Waals surface area contributed by atoms with Gasteiger partial charge in [0, 0.05) is 46.2 Å². The van der Waals surface area contributed by atoms with Crippen molar-refractivity contribution in [1.29, 1.82) is 0 Å². The molecule has 2 heterocycles. The lowest BCUT2D eigenvalue weighted by atomic mass is 10.3. The molecule has 0 unspecified atom stereocenters. The fraction of sp³-hybridized carbons (Fsp3) is 0.500. The van der Waals surface area contributed by atoms with Crippen LogP contribution in [0.1, 0.15) is 5.82 Å². The number of aryl methyl sites for hydroxylation is 1. The summed E-state index contributed by atoms with van der Waals surface area (Å²) in [5.74, 6) is 1.19. The van der Waals surface area contributed by atoms with Crippen molar-refractivity contribution in [2.24, 2.45) is 7.05 Å². The lowest BCUT2D eigenvalue weighted by Gasteiger charge is -2.26.